The second kappa shape index (κ2) is 11.1. The summed E-state index contributed by atoms with van der Waals surface area (Å²) in [7, 11) is 1.08. The van der Waals surface area contributed by atoms with Gasteiger partial charge in [0.15, 0.2) is 0 Å². The molecule has 0 atom stereocenters. The Balaban J connectivity index is 4.27. The van der Waals surface area contributed by atoms with Crippen molar-refractivity contribution in [2.45, 2.75) is 78.4 Å². The molecule has 0 spiro atoms. The zero-order valence-electron chi connectivity index (χ0n) is 17.4. The zero-order chi connectivity index (χ0) is 20.4. The van der Waals surface area contributed by atoms with Gasteiger partial charge in [-0.15, -0.1) is 8.20 Å². The summed E-state index contributed by atoms with van der Waals surface area (Å²) in [5.41, 5.74) is 1.60. The fourth-order valence-electron chi connectivity index (χ4n) is 2.65. The summed E-state index contributed by atoms with van der Waals surface area (Å²) in [6.45, 7) is 12.7. The topological polar surface area (TPSA) is 93.4 Å². The monoisotopic (exact) mass is 387 g/mol. The van der Waals surface area contributed by atoms with E-state index in [2.05, 4.69) is 30.9 Å². The molecule has 26 heavy (non-hydrogen) atoms. The van der Waals surface area contributed by atoms with Gasteiger partial charge in [0.05, 0.1) is 12.1 Å². The summed E-state index contributed by atoms with van der Waals surface area (Å²) in [5, 5.41) is 2.91. The van der Waals surface area contributed by atoms with E-state index in [1.165, 1.54) is 0 Å². The van der Waals surface area contributed by atoms with Crippen LogP contribution in [0.5, 0.6) is 0 Å². The molecule has 0 aromatic rings. The average Bonchev–Trinajstić information content (AvgIpc) is 2.43. The Morgan fingerprint density at radius 2 is 1.73 bits per heavy atom. The van der Waals surface area contributed by atoms with Gasteiger partial charge in [0.2, 0.25) is 5.91 Å². The minimum atomic E-state index is -0.378. The fourth-order valence-corrected chi connectivity index (χ4v) is 3.37. The number of hydrogen-bond donors (Lipinski definition) is 3. The predicted molar refractivity (Wildman–Crippen MR) is 111 cm³/mol. The maximum atomic E-state index is 12.3. The highest BCUT2D eigenvalue weighted by atomic mass is 31.1. The van der Waals surface area contributed by atoms with Crippen LogP contribution in [-0.2, 0) is 14.3 Å². The number of hydrogen-bond acceptors (Lipinski definition) is 5. The molecule has 0 rings (SSSR count). The van der Waals surface area contributed by atoms with Gasteiger partial charge in [-0.1, -0.05) is 20.1 Å². The van der Waals surface area contributed by atoms with Crippen LogP contribution in [-0.4, -0.2) is 48.4 Å². The largest absolute Gasteiger partial charge is 0.375 e. The highest BCUT2D eigenvalue weighted by molar-refractivity contribution is 7.36. The normalized spacial score (nSPS) is 13.0. The first-order valence-electron chi connectivity index (χ1n) is 9.15. The summed E-state index contributed by atoms with van der Waals surface area (Å²) >= 11 is 0. The van der Waals surface area contributed by atoms with Gasteiger partial charge in [0, 0.05) is 25.0 Å². The molecule has 0 fully saturated rings. The molecule has 4 N–H and O–H groups in total. The number of hydrazine groups is 1. The Hall–Kier alpha value is -0.810. The molecule has 0 aromatic carbocycles. The molecule has 0 aliphatic heterocycles. The average molecular weight is 388 g/mol. The van der Waals surface area contributed by atoms with Crippen LogP contribution in [0.4, 0.5) is 0 Å². The van der Waals surface area contributed by atoms with Crippen molar-refractivity contribution in [1.82, 2.24) is 10.7 Å². The van der Waals surface area contributed by atoms with Crippen LogP contribution in [0.25, 0.3) is 0 Å². The van der Waals surface area contributed by atoms with E-state index < -0.39 is 0 Å². The van der Waals surface area contributed by atoms with Gasteiger partial charge >= 0.3 is 0 Å². The zero-order valence-corrected chi connectivity index (χ0v) is 18.3. The van der Waals surface area contributed by atoms with E-state index in [1.807, 2.05) is 27.7 Å². The van der Waals surface area contributed by atoms with Crippen LogP contribution < -0.4 is 16.6 Å². The number of ketones is 1. The number of rotatable bonds is 14. The van der Waals surface area contributed by atoms with Crippen LogP contribution in [0.15, 0.2) is 0 Å². The number of ether oxygens (including phenoxy) is 1. The first-order chi connectivity index (χ1) is 11.8. The van der Waals surface area contributed by atoms with Crippen molar-refractivity contribution < 1.29 is 14.3 Å². The molecule has 0 bridgehead atoms. The van der Waals surface area contributed by atoms with E-state index >= 15 is 0 Å². The van der Waals surface area contributed by atoms with Crippen molar-refractivity contribution in [1.29, 1.82) is 0 Å². The lowest BCUT2D eigenvalue weighted by Gasteiger charge is -2.30. The lowest BCUT2D eigenvalue weighted by atomic mass is 9.87. The minimum Gasteiger partial charge on any atom is -0.375 e. The van der Waals surface area contributed by atoms with E-state index in [4.69, 9.17) is 10.6 Å². The molecule has 0 aliphatic carbocycles. The summed E-state index contributed by atoms with van der Waals surface area (Å²) in [5.74, 6) is 5.28. The number of carbonyl (C=O) groups is 2. The molecule has 0 radical (unpaired) electrons. The fraction of sp³-hybridized carbons (Fsp3) is 0.842. The smallest absolute Gasteiger partial charge is 0.235 e. The Labute approximate surface area is 160 Å². The summed E-state index contributed by atoms with van der Waals surface area (Å²) in [4.78, 5) is 23.9. The molecule has 1 amide bonds. The van der Waals surface area contributed by atoms with Crippen LogP contribution in [0.2, 0.25) is 0 Å². The maximum absolute atomic E-state index is 12.3. The van der Waals surface area contributed by atoms with Crippen LogP contribution in [0, 0.1) is 5.41 Å². The number of carbonyl (C=O) groups excluding carboxylic acids is 2. The lowest BCUT2D eigenvalue weighted by Crippen LogP contribution is -2.48. The van der Waals surface area contributed by atoms with Crippen molar-refractivity contribution in [2.75, 3.05) is 19.3 Å². The lowest BCUT2D eigenvalue weighted by molar-refractivity contribution is -0.124. The molecule has 7 heteroatoms. The molecule has 0 aromatic heterocycles. The third-order valence-electron chi connectivity index (χ3n) is 4.18. The van der Waals surface area contributed by atoms with Gasteiger partial charge in [-0.25, -0.2) is 0 Å². The molecule has 0 saturated carbocycles. The first-order valence-corrected chi connectivity index (χ1v) is 10.4. The van der Waals surface area contributed by atoms with Gasteiger partial charge in [-0.05, 0) is 52.1 Å². The molecule has 0 aliphatic rings. The van der Waals surface area contributed by atoms with Gasteiger partial charge in [0.1, 0.15) is 5.78 Å². The third kappa shape index (κ3) is 12.5. The predicted octanol–water partition coefficient (Wildman–Crippen LogP) is 2.67. The maximum Gasteiger partial charge on any atom is 0.235 e. The Morgan fingerprint density at radius 3 is 2.27 bits per heavy atom. The van der Waals surface area contributed by atoms with Crippen LogP contribution in [0.3, 0.4) is 0 Å². The van der Waals surface area contributed by atoms with Gasteiger partial charge in [-0.2, -0.15) is 0 Å². The summed E-state index contributed by atoms with van der Waals surface area (Å²) in [6, 6.07) is 0. The second-order valence-corrected chi connectivity index (χ2v) is 9.70. The van der Waals surface area contributed by atoms with Gasteiger partial charge in [0.25, 0.3) is 0 Å². The van der Waals surface area contributed by atoms with E-state index in [-0.39, 0.29) is 34.8 Å². The molecule has 0 heterocycles. The van der Waals surface area contributed by atoms with E-state index in [0.29, 0.717) is 32.3 Å². The number of nitrogens with one attached hydrogen (secondary N) is 2. The van der Waals surface area contributed by atoms with Crippen LogP contribution in [0.1, 0.15) is 67.2 Å². The minimum absolute atomic E-state index is 0.00596. The van der Waals surface area contributed by atoms with Crippen molar-refractivity contribution in [3.8, 4) is 0 Å². The molecule has 6 nitrogen and oxygen atoms in total. The van der Waals surface area contributed by atoms with Crippen molar-refractivity contribution in [2.24, 2.45) is 11.3 Å². The van der Waals surface area contributed by atoms with Gasteiger partial charge in [-0.3, -0.25) is 20.9 Å². The number of amides is 1. The number of nitrogens with two attached hydrogens (primary N) is 1. The molecule has 0 unspecified atom stereocenters. The summed E-state index contributed by atoms with van der Waals surface area (Å²) in [6.07, 6.45) is 7.25. The SMILES string of the molecule is C=PCC(C)(C)CC(=O)CCC(C)(C)OCCC(C)(C)NC(=O)CNN. The molecule has 0 saturated heterocycles. The standard InChI is InChI=1S/C19H38N3O3P/c1-17(2,14-26-7)12-15(23)8-9-19(5,6)25-11-10-18(3,4)22-16(24)13-21-20/h21H,7-14,20H2,1-6H3,(H,22,24). The van der Waals surface area contributed by atoms with Gasteiger partial charge < -0.3 is 10.1 Å². The van der Waals surface area contributed by atoms with E-state index in [0.717, 1.165) is 14.4 Å². The highest BCUT2D eigenvalue weighted by Crippen LogP contribution is 2.27. The Bertz CT molecular complexity index is 477. The third-order valence-corrected chi connectivity index (χ3v) is 5.26. The van der Waals surface area contributed by atoms with Crippen molar-refractivity contribution in [3.63, 3.8) is 0 Å². The second-order valence-electron chi connectivity index (χ2n) is 8.93. The molecule has 152 valence electrons. The number of Topliss-reactive ketones (excluding diaryl/α,β-unsaturated/α-hetero) is 1. The highest BCUT2D eigenvalue weighted by Gasteiger charge is 2.26. The van der Waals surface area contributed by atoms with Crippen LogP contribution >= 0.6 is 8.20 Å². The van der Waals surface area contributed by atoms with Crippen molar-refractivity contribution in [3.05, 3.63) is 0 Å². The van der Waals surface area contributed by atoms with E-state index in [9.17, 15) is 9.59 Å². The van der Waals surface area contributed by atoms with E-state index in [1.54, 1.807) is 0 Å². The van der Waals surface area contributed by atoms with Crippen molar-refractivity contribution >= 4 is 26.2 Å². The Kier molecular flexibility index (Phi) is 10.8. The quantitative estimate of drug-likeness (QED) is 0.242. The molecular weight excluding hydrogens is 349 g/mol. The molecular formula is C19H38N3O3P. The first kappa shape index (κ1) is 25.2. The summed E-state index contributed by atoms with van der Waals surface area (Å²) < 4.78 is 5.98. The Morgan fingerprint density at radius 1 is 1.12 bits per heavy atom.